The fourth-order valence-electron chi connectivity index (χ4n) is 3.09. The Morgan fingerprint density at radius 3 is 2.35 bits per heavy atom. The highest BCUT2D eigenvalue weighted by Crippen LogP contribution is 2.20. The fraction of sp³-hybridized carbons (Fsp3) is 0.588. The first-order chi connectivity index (χ1) is 10.8. The normalized spacial score (nSPS) is 24.0. The molecule has 0 aromatic heterocycles. The van der Waals surface area contributed by atoms with Gasteiger partial charge in [-0.2, -0.15) is 0 Å². The molecule has 0 aliphatic heterocycles. The highest BCUT2D eigenvalue weighted by Gasteiger charge is 2.26. The van der Waals surface area contributed by atoms with Gasteiger partial charge in [0.15, 0.2) is 0 Å². The van der Waals surface area contributed by atoms with Crippen LogP contribution in [0.4, 0.5) is 9.18 Å². The largest absolute Gasteiger partial charge is 0.465 e. The Kier molecular flexibility index (Phi) is 5.96. The van der Waals surface area contributed by atoms with Crippen molar-refractivity contribution in [3.8, 4) is 0 Å². The van der Waals surface area contributed by atoms with E-state index in [1.165, 1.54) is 12.1 Å². The van der Waals surface area contributed by atoms with Gasteiger partial charge in [0.05, 0.1) is 5.60 Å². The minimum absolute atomic E-state index is 0.0327. The van der Waals surface area contributed by atoms with Crippen LogP contribution in [0.5, 0.6) is 0 Å². The van der Waals surface area contributed by atoms with Gasteiger partial charge in [-0.05, 0) is 50.3 Å². The third-order valence-electron chi connectivity index (χ3n) is 4.32. The van der Waals surface area contributed by atoms with E-state index in [0.717, 1.165) is 31.2 Å². The maximum atomic E-state index is 12.9. The lowest BCUT2D eigenvalue weighted by molar-refractivity contribution is 0.0550. The van der Waals surface area contributed by atoms with Crippen LogP contribution in [0, 0.1) is 5.82 Å². The maximum absolute atomic E-state index is 12.9. The monoisotopic (exact) mass is 324 g/mol. The molecule has 1 fully saturated rings. The van der Waals surface area contributed by atoms with E-state index >= 15 is 0 Å². The highest BCUT2D eigenvalue weighted by atomic mass is 19.1. The topological polar surface area (TPSA) is 81.6 Å². The van der Waals surface area contributed by atoms with E-state index in [4.69, 9.17) is 5.11 Å². The lowest BCUT2D eigenvalue weighted by Gasteiger charge is -2.32. The first kappa shape index (κ1) is 17.7. The van der Waals surface area contributed by atoms with Crippen molar-refractivity contribution in [3.05, 3.63) is 35.6 Å². The predicted octanol–water partition coefficient (Wildman–Crippen LogP) is 2.29. The number of rotatable bonds is 6. The fourth-order valence-corrected chi connectivity index (χ4v) is 3.09. The van der Waals surface area contributed by atoms with Gasteiger partial charge in [-0.25, -0.2) is 9.18 Å². The van der Waals surface area contributed by atoms with Crippen LogP contribution in [0.3, 0.4) is 0 Å². The molecule has 0 saturated heterocycles. The molecule has 0 heterocycles. The molecule has 1 aliphatic carbocycles. The maximum Gasteiger partial charge on any atom is 0.404 e. The van der Waals surface area contributed by atoms with E-state index in [1.807, 2.05) is 0 Å². The van der Waals surface area contributed by atoms with Crippen molar-refractivity contribution < 1.29 is 19.4 Å². The molecule has 6 heteroatoms. The molecule has 0 bridgehead atoms. The summed E-state index contributed by atoms with van der Waals surface area (Å²) >= 11 is 0. The van der Waals surface area contributed by atoms with Gasteiger partial charge >= 0.3 is 6.09 Å². The summed E-state index contributed by atoms with van der Waals surface area (Å²) in [6.07, 6.45) is 2.88. The minimum Gasteiger partial charge on any atom is -0.465 e. The molecule has 1 aliphatic rings. The minimum atomic E-state index is -0.969. The van der Waals surface area contributed by atoms with E-state index in [2.05, 4.69) is 10.6 Å². The number of halogens is 1. The number of amides is 1. The van der Waals surface area contributed by atoms with E-state index in [0.29, 0.717) is 19.0 Å². The zero-order valence-corrected chi connectivity index (χ0v) is 13.4. The van der Waals surface area contributed by atoms with Crippen LogP contribution in [0.15, 0.2) is 24.3 Å². The molecule has 2 rings (SSSR count). The van der Waals surface area contributed by atoms with Crippen molar-refractivity contribution in [2.45, 2.75) is 56.7 Å². The van der Waals surface area contributed by atoms with Crippen molar-refractivity contribution in [2.75, 3.05) is 6.54 Å². The van der Waals surface area contributed by atoms with Gasteiger partial charge in [0.1, 0.15) is 5.82 Å². The van der Waals surface area contributed by atoms with Crippen molar-refractivity contribution in [3.63, 3.8) is 0 Å². The number of hydrogen-bond donors (Lipinski definition) is 4. The average Bonchev–Trinajstić information content (AvgIpc) is 2.48. The number of carboxylic acid groups (broad SMARTS) is 1. The van der Waals surface area contributed by atoms with Gasteiger partial charge in [0, 0.05) is 25.0 Å². The van der Waals surface area contributed by atoms with E-state index < -0.39 is 11.7 Å². The summed E-state index contributed by atoms with van der Waals surface area (Å²) in [7, 11) is 0. The van der Waals surface area contributed by atoms with E-state index in [1.54, 1.807) is 19.1 Å². The first-order valence-corrected chi connectivity index (χ1v) is 8.04. The molecular formula is C17H25FN2O3. The molecule has 128 valence electrons. The van der Waals surface area contributed by atoms with Gasteiger partial charge in [-0.15, -0.1) is 0 Å². The number of aliphatic hydroxyl groups is 1. The second-order valence-electron chi connectivity index (χ2n) is 6.68. The van der Waals surface area contributed by atoms with Crippen LogP contribution in [-0.2, 0) is 6.42 Å². The zero-order chi connectivity index (χ0) is 16.9. The van der Waals surface area contributed by atoms with Crippen molar-refractivity contribution in [2.24, 2.45) is 0 Å². The lowest BCUT2D eigenvalue weighted by atomic mass is 9.90. The molecule has 1 aromatic carbocycles. The van der Waals surface area contributed by atoms with Crippen LogP contribution in [0.25, 0.3) is 0 Å². The quantitative estimate of drug-likeness (QED) is 0.647. The molecule has 0 spiro atoms. The molecule has 1 amide bonds. The zero-order valence-electron chi connectivity index (χ0n) is 13.4. The van der Waals surface area contributed by atoms with Gasteiger partial charge in [-0.1, -0.05) is 12.1 Å². The summed E-state index contributed by atoms with van der Waals surface area (Å²) < 4.78 is 12.9. The molecule has 1 aromatic rings. The molecular weight excluding hydrogens is 299 g/mol. The standard InChI is InChI=1S/C17H25FN2O3/c1-17(23,10-12-2-4-13(18)5-3-12)11-19-14-6-8-15(9-7-14)20-16(21)22/h2-5,14-15,19-20,23H,6-11H2,1H3,(H,21,22). The van der Waals surface area contributed by atoms with Gasteiger partial charge in [-0.3, -0.25) is 0 Å². The van der Waals surface area contributed by atoms with E-state index in [-0.39, 0.29) is 11.9 Å². The van der Waals surface area contributed by atoms with Crippen LogP contribution in [0.1, 0.15) is 38.2 Å². The Bertz CT molecular complexity index is 511. The summed E-state index contributed by atoms with van der Waals surface area (Å²) in [5.74, 6) is -0.279. The van der Waals surface area contributed by atoms with Crippen molar-refractivity contribution >= 4 is 6.09 Å². The second kappa shape index (κ2) is 7.75. The smallest absolute Gasteiger partial charge is 0.404 e. The number of carbonyl (C=O) groups is 1. The third kappa shape index (κ3) is 6.15. The molecule has 1 unspecified atom stereocenters. The summed E-state index contributed by atoms with van der Waals surface area (Å²) in [5.41, 5.74) is -0.0128. The van der Waals surface area contributed by atoms with Crippen molar-refractivity contribution in [1.29, 1.82) is 0 Å². The molecule has 1 saturated carbocycles. The van der Waals surface area contributed by atoms with Gasteiger partial charge in [0.2, 0.25) is 0 Å². The SMILES string of the molecule is CC(O)(CNC1CCC(NC(=O)O)CC1)Cc1ccc(F)cc1. The van der Waals surface area contributed by atoms with Crippen molar-refractivity contribution in [1.82, 2.24) is 10.6 Å². The Morgan fingerprint density at radius 1 is 1.22 bits per heavy atom. The number of benzene rings is 1. The predicted molar refractivity (Wildman–Crippen MR) is 85.9 cm³/mol. The van der Waals surface area contributed by atoms with Gasteiger partial charge < -0.3 is 20.8 Å². The van der Waals surface area contributed by atoms with Gasteiger partial charge in [0.25, 0.3) is 0 Å². The molecule has 0 radical (unpaired) electrons. The number of hydrogen-bond acceptors (Lipinski definition) is 3. The van der Waals surface area contributed by atoms with Crippen LogP contribution < -0.4 is 10.6 Å². The highest BCUT2D eigenvalue weighted by molar-refractivity contribution is 5.64. The molecule has 1 atom stereocenters. The second-order valence-corrected chi connectivity index (χ2v) is 6.68. The Morgan fingerprint density at radius 2 is 1.78 bits per heavy atom. The summed E-state index contributed by atoms with van der Waals surface area (Å²) in [4.78, 5) is 10.6. The van der Waals surface area contributed by atoms with Crippen LogP contribution in [0.2, 0.25) is 0 Å². The molecule has 4 N–H and O–H groups in total. The van der Waals surface area contributed by atoms with Crippen LogP contribution in [-0.4, -0.2) is 40.5 Å². The number of nitrogens with one attached hydrogen (secondary N) is 2. The lowest BCUT2D eigenvalue weighted by Crippen LogP contribution is -2.47. The van der Waals surface area contributed by atoms with Crippen LogP contribution >= 0.6 is 0 Å². The third-order valence-corrected chi connectivity index (χ3v) is 4.32. The summed E-state index contributed by atoms with van der Waals surface area (Å²) in [6.45, 7) is 2.22. The van der Waals surface area contributed by atoms with E-state index in [9.17, 15) is 14.3 Å². The molecule has 23 heavy (non-hydrogen) atoms. The first-order valence-electron chi connectivity index (χ1n) is 8.04. The average molecular weight is 324 g/mol. The summed E-state index contributed by atoms with van der Waals surface area (Å²) in [5, 5.41) is 25.1. The molecule has 5 nitrogen and oxygen atoms in total. The Balaban J connectivity index is 1.74. The Hall–Kier alpha value is -1.66. The Labute approximate surface area is 135 Å². The summed E-state index contributed by atoms with van der Waals surface area (Å²) in [6, 6.07) is 6.50.